The van der Waals surface area contributed by atoms with Gasteiger partial charge in [-0.05, 0) is 106 Å². The van der Waals surface area contributed by atoms with Crippen molar-refractivity contribution in [3.05, 3.63) is 39.7 Å². The second-order valence-electron chi connectivity index (χ2n) is 18.5. The molecule has 0 aliphatic heterocycles. The molecule has 4 atom stereocenters. The number of rotatable bonds is 16. The summed E-state index contributed by atoms with van der Waals surface area (Å²) in [7, 11) is 5.08. The van der Waals surface area contributed by atoms with Gasteiger partial charge in [0.05, 0.1) is 24.8 Å². The third-order valence-corrected chi connectivity index (χ3v) is 17.1. The summed E-state index contributed by atoms with van der Waals surface area (Å²) in [5, 5.41) is 20.3. The van der Waals surface area contributed by atoms with E-state index in [2.05, 4.69) is 83.9 Å². The van der Waals surface area contributed by atoms with Crippen LogP contribution < -0.4 is 19.7 Å². The van der Waals surface area contributed by atoms with E-state index in [9.17, 15) is 5.11 Å². The zero-order valence-corrected chi connectivity index (χ0v) is 37.1. The highest BCUT2D eigenvalue weighted by atomic mass is 28.4. The van der Waals surface area contributed by atoms with Crippen LogP contribution in [0, 0.1) is 11.8 Å². The van der Waals surface area contributed by atoms with E-state index >= 15 is 9.59 Å². The van der Waals surface area contributed by atoms with Gasteiger partial charge in [-0.15, -0.1) is 0 Å². The van der Waals surface area contributed by atoms with Crippen molar-refractivity contribution in [1.29, 1.82) is 0 Å². The van der Waals surface area contributed by atoms with Gasteiger partial charge in [0.25, 0.3) is 5.88 Å². The molecule has 55 heavy (non-hydrogen) atoms. The monoisotopic (exact) mass is 780 g/mol. The fourth-order valence-corrected chi connectivity index (χ4v) is 9.69. The van der Waals surface area contributed by atoms with Crippen molar-refractivity contribution >= 4 is 31.3 Å². The first-order valence-electron chi connectivity index (χ1n) is 20.4. The van der Waals surface area contributed by atoms with Crippen LogP contribution in [0.1, 0.15) is 133 Å². The van der Waals surface area contributed by atoms with E-state index in [1.807, 2.05) is 39.2 Å². The number of carbonyl (C=O) groups excluding carboxylic acids is 2. The summed E-state index contributed by atoms with van der Waals surface area (Å²) in [4.78, 5) is 35.4. The minimum atomic E-state index is -2.84. The highest BCUT2D eigenvalue weighted by Gasteiger charge is 2.69. The van der Waals surface area contributed by atoms with Gasteiger partial charge in [-0.25, -0.2) is 0 Å². The lowest BCUT2D eigenvalue weighted by molar-refractivity contribution is -0.140. The normalized spacial score (nSPS) is 22.7. The highest BCUT2D eigenvalue weighted by Crippen LogP contribution is 2.59. The quantitative estimate of drug-likeness (QED) is 0.0966. The number of hydrogen-bond acceptors (Lipinski definition) is 11. The lowest BCUT2D eigenvalue weighted by Gasteiger charge is -2.55. The molecule has 0 amide bonds. The van der Waals surface area contributed by atoms with E-state index in [-0.39, 0.29) is 33.4 Å². The predicted octanol–water partition coefficient (Wildman–Crippen LogP) is 8.67. The van der Waals surface area contributed by atoms with E-state index in [4.69, 9.17) is 18.4 Å². The Kier molecular flexibility index (Phi) is 12.5. The average Bonchev–Trinajstić information content (AvgIpc) is 3.51. The molecule has 0 saturated heterocycles. The third kappa shape index (κ3) is 7.65. The minimum Gasteiger partial charge on any atom is -0.507 e. The molecule has 306 valence electrons. The summed E-state index contributed by atoms with van der Waals surface area (Å²) in [6, 6.07) is 1.50. The number of anilines is 1. The maximum atomic E-state index is 15.8. The highest BCUT2D eigenvalue weighted by molar-refractivity contribution is 6.74. The van der Waals surface area contributed by atoms with Crippen molar-refractivity contribution in [3.63, 3.8) is 0 Å². The topological polar surface area (TPSA) is 127 Å². The number of nitrogens with zero attached hydrogens (tertiary/aromatic N) is 3. The van der Waals surface area contributed by atoms with Gasteiger partial charge in [0, 0.05) is 43.4 Å². The van der Waals surface area contributed by atoms with Crippen molar-refractivity contribution in [1.82, 2.24) is 15.4 Å². The number of unbranched alkanes of at least 4 members (excludes halogenated alkanes) is 2. The Balaban J connectivity index is 1.79. The number of aliphatic hydroxyl groups excluding tert-OH is 1. The van der Waals surface area contributed by atoms with Crippen molar-refractivity contribution in [3.8, 4) is 11.6 Å². The Morgan fingerprint density at radius 1 is 0.982 bits per heavy atom. The number of nitrogens with one attached hydrogen (secondary N) is 1. The molecule has 0 unspecified atom stereocenters. The van der Waals surface area contributed by atoms with Gasteiger partial charge in [0.15, 0.2) is 19.7 Å². The molecule has 0 spiro atoms. The summed E-state index contributed by atoms with van der Waals surface area (Å²) in [6.45, 7) is 22.6. The van der Waals surface area contributed by atoms with Gasteiger partial charge in [-0.3, -0.25) is 14.5 Å². The van der Waals surface area contributed by atoms with E-state index in [1.54, 1.807) is 0 Å². The molecule has 11 nitrogen and oxygen atoms in total. The Hall–Kier alpha value is -3.19. The number of ether oxygens (including phenoxy) is 2. The smallest absolute Gasteiger partial charge is 0.265 e. The number of benzene rings is 1. The first-order valence-corrected chi connectivity index (χ1v) is 23.4. The van der Waals surface area contributed by atoms with Crippen LogP contribution in [0.15, 0.2) is 16.2 Å². The molecule has 2 aromatic rings. The first-order chi connectivity index (χ1) is 25.7. The van der Waals surface area contributed by atoms with Crippen molar-refractivity contribution in [2.45, 2.75) is 142 Å². The van der Waals surface area contributed by atoms with Gasteiger partial charge in [0.2, 0.25) is 11.6 Å². The molecule has 1 aromatic heterocycles. The van der Waals surface area contributed by atoms with Crippen LogP contribution in [0.4, 0.5) is 5.69 Å². The number of ketones is 2. The molecule has 1 aromatic carbocycles. The molecule has 2 N–H and O–H groups in total. The number of aromatic nitrogens is 1. The molecule has 1 heterocycles. The largest absolute Gasteiger partial charge is 0.507 e. The molecular weight excluding hydrogens is 713 g/mol. The fraction of sp³-hybridized carbons (Fsp3) is 0.698. The molecule has 1 fully saturated rings. The molecule has 12 heteroatoms. The number of Topliss-reactive ketones (excluding diaryl/α,β-unsaturated/α-hetero) is 2. The fourth-order valence-electron chi connectivity index (χ4n) is 8.24. The van der Waals surface area contributed by atoms with Crippen LogP contribution in [0.5, 0.6) is 11.6 Å². The Bertz CT molecular complexity index is 1790. The lowest BCUT2D eigenvalue weighted by atomic mass is 9.57. The maximum Gasteiger partial charge on any atom is 0.265 e. The zero-order chi connectivity index (χ0) is 40.8. The van der Waals surface area contributed by atoms with Crippen molar-refractivity contribution in [2.24, 2.45) is 11.8 Å². The number of carbonyl (C=O) groups is 2. The second kappa shape index (κ2) is 16.0. The summed E-state index contributed by atoms with van der Waals surface area (Å²) in [5.74, 6) is -1.08. The van der Waals surface area contributed by atoms with Crippen molar-refractivity contribution in [2.75, 3.05) is 46.3 Å². The van der Waals surface area contributed by atoms with Crippen LogP contribution in [-0.4, -0.2) is 87.6 Å². The zero-order valence-electron chi connectivity index (χ0n) is 36.1. The summed E-state index contributed by atoms with van der Waals surface area (Å²) >= 11 is 0. The molecule has 1 saturated carbocycles. The Labute approximate surface area is 330 Å². The van der Waals surface area contributed by atoms with Crippen LogP contribution in [0.25, 0.3) is 5.76 Å². The lowest BCUT2D eigenvalue weighted by Crippen LogP contribution is -2.68. The van der Waals surface area contributed by atoms with Gasteiger partial charge in [-0.2, -0.15) is 0 Å². The molecule has 3 aliphatic rings. The minimum absolute atomic E-state index is 0.0869. The average molecular weight is 781 g/mol. The van der Waals surface area contributed by atoms with Crippen LogP contribution in [-0.2, 0) is 22.2 Å². The van der Waals surface area contributed by atoms with Crippen LogP contribution >= 0.6 is 0 Å². The van der Waals surface area contributed by atoms with Gasteiger partial charge in [0.1, 0.15) is 17.1 Å². The maximum absolute atomic E-state index is 15.8. The molecule has 0 radical (unpaired) electrons. The molecule has 0 bridgehead atoms. The SMILES string of the molecule is CCCCOc1cc(CNC(C)(C)CC)c(N(C)C)c2c1C(O)=C1C(=O)[C@]3(O[Si](C)(C)C(C)(C)C)C(=O)c4c(OCCCC)noc4[C@@H](N(C)C)[C@@H]3C[C@@H]1C2. The van der Waals surface area contributed by atoms with E-state index in [0.29, 0.717) is 49.7 Å². The summed E-state index contributed by atoms with van der Waals surface area (Å²) < 4.78 is 25.9. The van der Waals surface area contributed by atoms with E-state index < -0.39 is 43.4 Å². The van der Waals surface area contributed by atoms with Crippen LogP contribution in [0.2, 0.25) is 18.1 Å². The van der Waals surface area contributed by atoms with Crippen molar-refractivity contribution < 1.29 is 33.1 Å². The second-order valence-corrected chi connectivity index (χ2v) is 23.2. The standard InChI is InChI=1S/C43H68N4O7Si/c1-15-18-20-51-30-24-27(25-44-42(7,8)17-3)34(46(9)10)28-22-26-23-29-35(47(11)12)37-33(40(45-53-37)52-21-19-16-2)39(50)43(29,54-55(13,14)41(4,5)6)38(49)31(26)36(48)32(28)30/h24,26,29,35,44,48H,15-23,25H2,1-14H3/t26-,29-,35-,43-/m0/s1. The van der Waals surface area contributed by atoms with Gasteiger partial charge in [-0.1, -0.05) is 54.4 Å². The number of aliphatic hydroxyl groups is 1. The summed E-state index contributed by atoms with van der Waals surface area (Å²) in [5.41, 5.74) is 1.92. The first kappa shape index (κ1) is 42.9. The van der Waals surface area contributed by atoms with E-state index in [1.165, 1.54) is 0 Å². The van der Waals surface area contributed by atoms with Gasteiger partial charge < -0.3 is 33.7 Å². The number of fused-ring (bicyclic) bond motifs is 4. The Morgan fingerprint density at radius 3 is 2.18 bits per heavy atom. The summed E-state index contributed by atoms with van der Waals surface area (Å²) in [6.07, 6.45) is 5.31. The third-order valence-electron chi connectivity index (χ3n) is 12.7. The van der Waals surface area contributed by atoms with Gasteiger partial charge >= 0.3 is 0 Å². The molecule has 3 aliphatic carbocycles. The van der Waals surface area contributed by atoms with E-state index in [0.717, 1.165) is 48.9 Å². The number of hydrogen-bond donors (Lipinski definition) is 2. The predicted molar refractivity (Wildman–Crippen MR) is 221 cm³/mol. The van der Waals surface area contributed by atoms with Crippen LogP contribution in [0.3, 0.4) is 0 Å². The molecule has 5 rings (SSSR count). The molecular formula is C43H68N4O7Si. The Morgan fingerprint density at radius 2 is 1.62 bits per heavy atom.